The SMILES string of the molecule is O=C(O)NC1CCC(C(=O)N2CC(c3ccccc3)C2)CC1. The Labute approximate surface area is 130 Å². The Morgan fingerprint density at radius 1 is 1.05 bits per heavy atom. The molecule has 0 atom stereocenters. The molecule has 1 aliphatic heterocycles. The lowest BCUT2D eigenvalue weighted by atomic mass is 9.83. The van der Waals surface area contributed by atoms with Crippen LogP contribution in [0, 0.1) is 5.92 Å². The van der Waals surface area contributed by atoms with Crippen molar-refractivity contribution in [1.82, 2.24) is 10.2 Å². The van der Waals surface area contributed by atoms with E-state index in [1.54, 1.807) is 0 Å². The standard InChI is InChI=1S/C17H22N2O3/c20-16(13-6-8-15(9-7-13)18-17(21)22)19-10-14(11-19)12-4-2-1-3-5-12/h1-5,13-15,18H,6-11H2,(H,21,22). The fourth-order valence-corrected chi connectivity index (χ4v) is 3.51. The fraction of sp³-hybridized carbons (Fsp3) is 0.529. The average molecular weight is 302 g/mol. The zero-order valence-corrected chi connectivity index (χ0v) is 12.6. The number of carboxylic acid groups (broad SMARTS) is 1. The highest BCUT2D eigenvalue weighted by atomic mass is 16.4. The molecule has 0 spiro atoms. The van der Waals surface area contributed by atoms with Gasteiger partial charge in [0.15, 0.2) is 0 Å². The lowest BCUT2D eigenvalue weighted by Crippen LogP contribution is -2.51. The summed E-state index contributed by atoms with van der Waals surface area (Å²) in [6, 6.07) is 10.3. The van der Waals surface area contributed by atoms with Crippen molar-refractivity contribution in [3.63, 3.8) is 0 Å². The van der Waals surface area contributed by atoms with Gasteiger partial charge in [-0.15, -0.1) is 0 Å². The summed E-state index contributed by atoms with van der Waals surface area (Å²) in [5.41, 5.74) is 1.31. The monoisotopic (exact) mass is 302 g/mol. The second-order valence-corrected chi connectivity index (χ2v) is 6.35. The number of rotatable bonds is 3. The minimum atomic E-state index is -0.969. The van der Waals surface area contributed by atoms with E-state index in [0.29, 0.717) is 5.92 Å². The number of carbonyl (C=O) groups is 2. The van der Waals surface area contributed by atoms with Crippen LogP contribution in [0.5, 0.6) is 0 Å². The zero-order valence-electron chi connectivity index (χ0n) is 12.6. The Kier molecular flexibility index (Phi) is 4.32. The quantitative estimate of drug-likeness (QED) is 0.901. The molecule has 5 nitrogen and oxygen atoms in total. The molecule has 2 aliphatic rings. The molecule has 3 rings (SSSR count). The molecule has 2 fully saturated rings. The van der Waals surface area contributed by atoms with Crippen molar-refractivity contribution in [3.05, 3.63) is 35.9 Å². The van der Waals surface area contributed by atoms with Gasteiger partial charge >= 0.3 is 6.09 Å². The summed E-state index contributed by atoms with van der Waals surface area (Å²) >= 11 is 0. The normalized spacial score (nSPS) is 25.4. The predicted octanol–water partition coefficient (Wildman–Crippen LogP) is 2.44. The van der Waals surface area contributed by atoms with Crippen LogP contribution in [0.1, 0.15) is 37.2 Å². The number of carbonyl (C=O) groups excluding carboxylic acids is 1. The Hall–Kier alpha value is -2.04. The van der Waals surface area contributed by atoms with Crippen LogP contribution in [0.2, 0.25) is 0 Å². The summed E-state index contributed by atoms with van der Waals surface area (Å²) in [4.78, 5) is 25.1. The first-order valence-electron chi connectivity index (χ1n) is 7.96. The zero-order chi connectivity index (χ0) is 15.5. The van der Waals surface area contributed by atoms with E-state index in [4.69, 9.17) is 5.11 Å². The molecule has 1 aromatic rings. The molecule has 0 unspecified atom stereocenters. The third-order valence-corrected chi connectivity index (χ3v) is 4.87. The van der Waals surface area contributed by atoms with Gasteiger partial charge in [0.1, 0.15) is 0 Å². The van der Waals surface area contributed by atoms with Crippen molar-refractivity contribution < 1.29 is 14.7 Å². The Morgan fingerprint density at radius 3 is 2.27 bits per heavy atom. The highest BCUT2D eigenvalue weighted by Gasteiger charge is 2.36. The molecule has 1 aromatic carbocycles. The Morgan fingerprint density at radius 2 is 1.68 bits per heavy atom. The van der Waals surface area contributed by atoms with E-state index in [1.807, 2.05) is 23.1 Å². The third kappa shape index (κ3) is 3.24. The maximum atomic E-state index is 12.5. The van der Waals surface area contributed by atoms with Crippen LogP contribution in [0.3, 0.4) is 0 Å². The maximum Gasteiger partial charge on any atom is 0.404 e. The second kappa shape index (κ2) is 6.38. The van der Waals surface area contributed by atoms with Crippen molar-refractivity contribution in [1.29, 1.82) is 0 Å². The summed E-state index contributed by atoms with van der Waals surface area (Å²) in [7, 11) is 0. The van der Waals surface area contributed by atoms with Crippen LogP contribution in [-0.4, -0.2) is 41.1 Å². The molecule has 1 saturated carbocycles. The average Bonchev–Trinajstić information content (AvgIpc) is 2.47. The summed E-state index contributed by atoms with van der Waals surface area (Å²) in [6.07, 6.45) is 2.13. The van der Waals surface area contributed by atoms with Crippen LogP contribution < -0.4 is 5.32 Å². The number of nitrogens with one attached hydrogen (secondary N) is 1. The number of hydrogen-bond donors (Lipinski definition) is 2. The topological polar surface area (TPSA) is 69.6 Å². The van der Waals surface area contributed by atoms with E-state index in [-0.39, 0.29) is 17.9 Å². The molecule has 118 valence electrons. The van der Waals surface area contributed by atoms with Gasteiger partial charge in [-0.05, 0) is 31.2 Å². The third-order valence-electron chi connectivity index (χ3n) is 4.87. The molecule has 1 aliphatic carbocycles. The van der Waals surface area contributed by atoms with E-state index in [0.717, 1.165) is 38.8 Å². The van der Waals surface area contributed by atoms with Crippen LogP contribution in [0.25, 0.3) is 0 Å². The smallest absolute Gasteiger partial charge is 0.404 e. The Balaban J connectivity index is 1.45. The van der Waals surface area contributed by atoms with Crippen molar-refractivity contribution in [3.8, 4) is 0 Å². The molecule has 2 amide bonds. The van der Waals surface area contributed by atoms with Gasteiger partial charge in [0.25, 0.3) is 0 Å². The number of likely N-dealkylation sites (tertiary alicyclic amines) is 1. The number of amides is 2. The molecule has 0 bridgehead atoms. The van der Waals surface area contributed by atoms with E-state index in [9.17, 15) is 9.59 Å². The van der Waals surface area contributed by atoms with Gasteiger partial charge < -0.3 is 15.3 Å². The minimum Gasteiger partial charge on any atom is -0.465 e. The lowest BCUT2D eigenvalue weighted by Gasteiger charge is -2.42. The van der Waals surface area contributed by atoms with Crippen molar-refractivity contribution >= 4 is 12.0 Å². The molecule has 0 radical (unpaired) electrons. The van der Waals surface area contributed by atoms with E-state index < -0.39 is 6.09 Å². The highest BCUT2D eigenvalue weighted by molar-refractivity contribution is 5.80. The van der Waals surface area contributed by atoms with E-state index >= 15 is 0 Å². The van der Waals surface area contributed by atoms with Gasteiger partial charge in [0, 0.05) is 31.0 Å². The van der Waals surface area contributed by atoms with E-state index in [1.165, 1.54) is 5.56 Å². The first-order valence-corrected chi connectivity index (χ1v) is 7.96. The second-order valence-electron chi connectivity index (χ2n) is 6.35. The molecular weight excluding hydrogens is 280 g/mol. The van der Waals surface area contributed by atoms with Gasteiger partial charge in [-0.1, -0.05) is 30.3 Å². The fourth-order valence-electron chi connectivity index (χ4n) is 3.51. The van der Waals surface area contributed by atoms with Crippen LogP contribution in [-0.2, 0) is 4.79 Å². The van der Waals surface area contributed by atoms with Gasteiger partial charge in [-0.25, -0.2) is 4.79 Å². The van der Waals surface area contributed by atoms with Crippen molar-refractivity contribution in [2.24, 2.45) is 5.92 Å². The molecule has 1 saturated heterocycles. The first-order chi connectivity index (χ1) is 10.6. The maximum absolute atomic E-state index is 12.5. The predicted molar refractivity (Wildman–Crippen MR) is 82.7 cm³/mol. The minimum absolute atomic E-state index is 0.00927. The first kappa shape index (κ1) is 14.9. The van der Waals surface area contributed by atoms with Crippen LogP contribution >= 0.6 is 0 Å². The molecule has 0 aromatic heterocycles. The van der Waals surface area contributed by atoms with Gasteiger partial charge in [-0.2, -0.15) is 0 Å². The molecule has 5 heteroatoms. The summed E-state index contributed by atoms with van der Waals surface area (Å²) in [6.45, 7) is 1.63. The van der Waals surface area contributed by atoms with Gasteiger partial charge in [-0.3, -0.25) is 4.79 Å². The van der Waals surface area contributed by atoms with Crippen LogP contribution in [0.4, 0.5) is 4.79 Å². The van der Waals surface area contributed by atoms with E-state index in [2.05, 4.69) is 17.4 Å². The number of benzene rings is 1. The lowest BCUT2D eigenvalue weighted by molar-refractivity contribution is -0.141. The molecule has 2 N–H and O–H groups in total. The largest absolute Gasteiger partial charge is 0.465 e. The highest BCUT2D eigenvalue weighted by Crippen LogP contribution is 2.32. The number of nitrogens with zero attached hydrogens (tertiary/aromatic N) is 1. The van der Waals surface area contributed by atoms with Crippen molar-refractivity contribution in [2.45, 2.75) is 37.6 Å². The summed E-state index contributed by atoms with van der Waals surface area (Å²) < 4.78 is 0. The van der Waals surface area contributed by atoms with Gasteiger partial charge in [0.2, 0.25) is 5.91 Å². The summed E-state index contributed by atoms with van der Waals surface area (Å²) in [5, 5.41) is 11.2. The van der Waals surface area contributed by atoms with Crippen molar-refractivity contribution in [2.75, 3.05) is 13.1 Å². The van der Waals surface area contributed by atoms with Crippen LogP contribution in [0.15, 0.2) is 30.3 Å². The van der Waals surface area contributed by atoms with Gasteiger partial charge in [0.05, 0.1) is 0 Å². The number of hydrogen-bond acceptors (Lipinski definition) is 2. The summed E-state index contributed by atoms with van der Waals surface area (Å²) in [5.74, 6) is 0.791. The molecule has 22 heavy (non-hydrogen) atoms. The Bertz CT molecular complexity index is 532. The molecular formula is C17H22N2O3. The molecule has 1 heterocycles.